The van der Waals surface area contributed by atoms with Gasteiger partial charge >= 0.3 is 0 Å². The summed E-state index contributed by atoms with van der Waals surface area (Å²) >= 11 is 0. The predicted octanol–water partition coefficient (Wildman–Crippen LogP) is 0.668. The normalized spacial score (nSPS) is 19.5. The molecule has 0 radical (unpaired) electrons. The zero-order chi connectivity index (χ0) is 10.4. The minimum absolute atomic E-state index is 0.657. The third-order valence-corrected chi connectivity index (χ3v) is 3.12. The Labute approximate surface area is 88.2 Å². The van der Waals surface area contributed by atoms with Gasteiger partial charge in [-0.3, -0.25) is 0 Å². The fraction of sp³-hybridized carbons (Fsp3) is 1.00. The van der Waals surface area contributed by atoms with Crippen LogP contribution in [-0.4, -0.2) is 50.2 Å². The molecule has 0 unspecified atom stereocenters. The van der Waals surface area contributed by atoms with Crippen LogP contribution in [0.15, 0.2) is 0 Å². The van der Waals surface area contributed by atoms with Crippen molar-refractivity contribution >= 4 is 0 Å². The van der Waals surface area contributed by atoms with E-state index >= 15 is 0 Å². The fourth-order valence-corrected chi connectivity index (χ4v) is 1.73. The molecule has 3 nitrogen and oxygen atoms in total. The summed E-state index contributed by atoms with van der Waals surface area (Å²) in [5, 5.41) is 7.01. The number of hydrogen-bond donors (Lipinski definition) is 2. The van der Waals surface area contributed by atoms with E-state index < -0.39 is 0 Å². The Bertz CT molecular complexity index is 141. The quantitative estimate of drug-likeness (QED) is 0.681. The van der Waals surface area contributed by atoms with Gasteiger partial charge in [-0.2, -0.15) is 0 Å². The van der Waals surface area contributed by atoms with Gasteiger partial charge in [0.1, 0.15) is 0 Å². The zero-order valence-corrected chi connectivity index (χ0v) is 9.84. The number of nitrogens with one attached hydrogen (secondary N) is 2. The molecule has 0 saturated carbocycles. The SMILES string of the molecule is CC(C)N(C)CCNC1CCNCC1. The largest absolute Gasteiger partial charge is 0.317 e. The third kappa shape index (κ3) is 4.40. The molecule has 3 heteroatoms. The fourth-order valence-electron chi connectivity index (χ4n) is 1.73. The first-order valence-corrected chi connectivity index (χ1v) is 5.84. The Morgan fingerprint density at radius 2 is 2.00 bits per heavy atom. The van der Waals surface area contributed by atoms with Crippen LogP contribution in [0.5, 0.6) is 0 Å². The monoisotopic (exact) mass is 199 g/mol. The van der Waals surface area contributed by atoms with Crippen molar-refractivity contribution in [3.8, 4) is 0 Å². The van der Waals surface area contributed by atoms with Crippen LogP contribution in [0.25, 0.3) is 0 Å². The Morgan fingerprint density at radius 3 is 2.57 bits per heavy atom. The molecule has 0 atom stereocenters. The lowest BCUT2D eigenvalue weighted by atomic mass is 10.1. The van der Waals surface area contributed by atoms with Crippen LogP contribution in [0.2, 0.25) is 0 Å². The number of rotatable bonds is 5. The summed E-state index contributed by atoms with van der Waals surface area (Å²) < 4.78 is 0. The summed E-state index contributed by atoms with van der Waals surface area (Å²) in [7, 11) is 2.19. The average molecular weight is 199 g/mol. The molecule has 14 heavy (non-hydrogen) atoms. The van der Waals surface area contributed by atoms with Crippen molar-refractivity contribution < 1.29 is 0 Å². The first kappa shape index (κ1) is 12.0. The molecule has 1 heterocycles. The maximum absolute atomic E-state index is 3.63. The number of hydrogen-bond acceptors (Lipinski definition) is 3. The summed E-state index contributed by atoms with van der Waals surface area (Å²) in [5.74, 6) is 0. The molecule has 0 aromatic carbocycles. The highest BCUT2D eigenvalue weighted by atomic mass is 15.1. The van der Waals surface area contributed by atoms with Gasteiger partial charge in [-0.15, -0.1) is 0 Å². The van der Waals surface area contributed by atoms with Crippen LogP contribution < -0.4 is 10.6 Å². The lowest BCUT2D eigenvalue weighted by molar-refractivity contribution is 0.263. The molecule has 0 aromatic heterocycles. The maximum atomic E-state index is 3.63. The highest BCUT2D eigenvalue weighted by Gasteiger charge is 2.11. The number of nitrogens with zero attached hydrogens (tertiary/aromatic N) is 1. The second-order valence-electron chi connectivity index (χ2n) is 4.55. The highest BCUT2D eigenvalue weighted by Crippen LogP contribution is 2.01. The Hall–Kier alpha value is -0.120. The van der Waals surface area contributed by atoms with Gasteiger partial charge in [0.15, 0.2) is 0 Å². The molecule has 0 bridgehead atoms. The minimum Gasteiger partial charge on any atom is -0.317 e. The zero-order valence-electron chi connectivity index (χ0n) is 9.84. The van der Waals surface area contributed by atoms with Crippen molar-refractivity contribution in [2.45, 2.75) is 38.8 Å². The third-order valence-electron chi connectivity index (χ3n) is 3.12. The summed E-state index contributed by atoms with van der Waals surface area (Å²) in [5.41, 5.74) is 0. The minimum atomic E-state index is 0.657. The molecule has 0 spiro atoms. The summed E-state index contributed by atoms with van der Waals surface area (Å²) in [4.78, 5) is 2.38. The van der Waals surface area contributed by atoms with Crippen molar-refractivity contribution in [3.63, 3.8) is 0 Å². The van der Waals surface area contributed by atoms with E-state index in [1.54, 1.807) is 0 Å². The van der Waals surface area contributed by atoms with Gasteiger partial charge in [0, 0.05) is 25.2 Å². The summed E-state index contributed by atoms with van der Waals surface area (Å²) in [6.45, 7) is 9.12. The first-order valence-electron chi connectivity index (χ1n) is 5.84. The predicted molar refractivity (Wildman–Crippen MR) is 61.7 cm³/mol. The van der Waals surface area contributed by atoms with Crippen molar-refractivity contribution in [1.29, 1.82) is 0 Å². The van der Waals surface area contributed by atoms with E-state index in [2.05, 4.69) is 36.4 Å². The molecule has 2 N–H and O–H groups in total. The van der Waals surface area contributed by atoms with Gasteiger partial charge in [0.05, 0.1) is 0 Å². The molecule has 84 valence electrons. The van der Waals surface area contributed by atoms with Gasteiger partial charge in [-0.1, -0.05) is 0 Å². The van der Waals surface area contributed by atoms with E-state index in [4.69, 9.17) is 0 Å². The smallest absolute Gasteiger partial charge is 0.0107 e. The molecule has 1 fully saturated rings. The van der Waals surface area contributed by atoms with Gasteiger partial charge < -0.3 is 15.5 Å². The maximum Gasteiger partial charge on any atom is 0.0107 e. The van der Waals surface area contributed by atoms with Gasteiger partial charge in [0.25, 0.3) is 0 Å². The van der Waals surface area contributed by atoms with Crippen LogP contribution in [0.3, 0.4) is 0 Å². The van der Waals surface area contributed by atoms with Gasteiger partial charge in [0.2, 0.25) is 0 Å². The Balaban J connectivity index is 2.02. The number of piperidine rings is 1. The van der Waals surface area contributed by atoms with Crippen LogP contribution in [0, 0.1) is 0 Å². The van der Waals surface area contributed by atoms with E-state index in [-0.39, 0.29) is 0 Å². The van der Waals surface area contributed by atoms with Crippen molar-refractivity contribution in [2.24, 2.45) is 0 Å². The number of likely N-dealkylation sites (N-methyl/N-ethyl adjacent to an activating group) is 1. The van der Waals surface area contributed by atoms with Crippen LogP contribution in [-0.2, 0) is 0 Å². The van der Waals surface area contributed by atoms with Gasteiger partial charge in [-0.25, -0.2) is 0 Å². The topological polar surface area (TPSA) is 27.3 Å². The average Bonchev–Trinajstić information content (AvgIpc) is 2.19. The first-order chi connectivity index (χ1) is 6.70. The molecule has 1 rings (SSSR count). The Kier molecular flexibility index (Phi) is 5.45. The highest BCUT2D eigenvalue weighted by molar-refractivity contribution is 4.74. The van der Waals surface area contributed by atoms with Crippen LogP contribution >= 0.6 is 0 Å². The van der Waals surface area contributed by atoms with Gasteiger partial charge in [-0.05, 0) is 46.8 Å². The second-order valence-corrected chi connectivity index (χ2v) is 4.55. The molecule has 1 saturated heterocycles. The molecular weight excluding hydrogens is 174 g/mol. The van der Waals surface area contributed by atoms with E-state index in [0.29, 0.717) is 6.04 Å². The van der Waals surface area contributed by atoms with E-state index in [1.165, 1.54) is 25.9 Å². The molecule has 1 aliphatic rings. The summed E-state index contributed by atoms with van der Waals surface area (Å²) in [6, 6.07) is 1.40. The molecule has 0 amide bonds. The van der Waals surface area contributed by atoms with E-state index in [1.807, 2.05) is 0 Å². The molecule has 0 aromatic rings. The second kappa shape index (κ2) is 6.38. The molecule has 0 aliphatic carbocycles. The standard InChI is InChI=1S/C11H25N3/c1-10(2)14(3)9-8-13-11-4-6-12-7-5-11/h10-13H,4-9H2,1-3H3. The van der Waals surface area contributed by atoms with Crippen molar-refractivity contribution in [1.82, 2.24) is 15.5 Å². The van der Waals surface area contributed by atoms with Crippen molar-refractivity contribution in [2.75, 3.05) is 33.2 Å². The lowest BCUT2D eigenvalue weighted by Crippen LogP contribution is -2.43. The van der Waals surface area contributed by atoms with Crippen molar-refractivity contribution in [3.05, 3.63) is 0 Å². The summed E-state index contributed by atoms with van der Waals surface area (Å²) in [6.07, 6.45) is 2.57. The Morgan fingerprint density at radius 1 is 1.36 bits per heavy atom. The van der Waals surface area contributed by atoms with Crippen LogP contribution in [0.1, 0.15) is 26.7 Å². The molecule has 1 aliphatic heterocycles. The van der Waals surface area contributed by atoms with E-state index in [0.717, 1.165) is 19.1 Å². The lowest BCUT2D eigenvalue weighted by Gasteiger charge is -2.26. The van der Waals surface area contributed by atoms with E-state index in [9.17, 15) is 0 Å². The van der Waals surface area contributed by atoms with Crippen LogP contribution in [0.4, 0.5) is 0 Å². The molecular formula is C11H25N3.